The molecule has 144 valence electrons. The first kappa shape index (κ1) is 17.9. The summed E-state index contributed by atoms with van der Waals surface area (Å²) >= 11 is 0. The maximum Gasteiger partial charge on any atom is 0.274 e. The summed E-state index contributed by atoms with van der Waals surface area (Å²) in [5.74, 6) is 1.43. The Kier molecular flexibility index (Phi) is 4.78. The number of rotatable bonds is 3. The Morgan fingerprint density at radius 1 is 1.19 bits per heavy atom. The van der Waals surface area contributed by atoms with Crippen LogP contribution in [0.25, 0.3) is 0 Å². The lowest BCUT2D eigenvalue weighted by Crippen LogP contribution is -2.30. The van der Waals surface area contributed by atoms with Crippen LogP contribution in [0.15, 0.2) is 24.3 Å². The molecule has 0 spiro atoms. The van der Waals surface area contributed by atoms with Crippen molar-refractivity contribution in [3.05, 3.63) is 41.2 Å². The van der Waals surface area contributed by atoms with Crippen molar-refractivity contribution in [2.24, 2.45) is 0 Å². The van der Waals surface area contributed by atoms with E-state index in [0.29, 0.717) is 18.9 Å². The highest BCUT2D eigenvalue weighted by molar-refractivity contribution is 5.92. The van der Waals surface area contributed by atoms with Crippen molar-refractivity contribution in [1.29, 1.82) is 0 Å². The molecule has 1 aromatic carbocycles. The first-order valence-electron chi connectivity index (χ1n) is 9.45. The van der Waals surface area contributed by atoms with Gasteiger partial charge in [0.15, 0.2) is 17.2 Å². The van der Waals surface area contributed by atoms with Gasteiger partial charge in [-0.2, -0.15) is 5.10 Å². The molecule has 0 N–H and O–H groups in total. The molecule has 0 bridgehead atoms. The van der Waals surface area contributed by atoms with Gasteiger partial charge in [0.25, 0.3) is 5.91 Å². The Morgan fingerprint density at radius 2 is 1.96 bits per heavy atom. The highest BCUT2D eigenvalue weighted by Gasteiger charge is 2.25. The molecule has 1 atom stereocenters. The third-order valence-electron chi connectivity index (χ3n) is 5.37. The molecule has 2 aromatic rings. The minimum atomic E-state index is -0.0995. The summed E-state index contributed by atoms with van der Waals surface area (Å²) in [7, 11) is 3.92. The fourth-order valence-electron chi connectivity index (χ4n) is 3.63. The summed E-state index contributed by atoms with van der Waals surface area (Å²) in [5, 5.41) is 4.57. The van der Waals surface area contributed by atoms with Gasteiger partial charge in [0.2, 0.25) is 0 Å². The van der Waals surface area contributed by atoms with Crippen molar-refractivity contribution >= 4 is 5.91 Å². The van der Waals surface area contributed by atoms with Crippen molar-refractivity contribution in [2.75, 3.05) is 33.9 Å². The van der Waals surface area contributed by atoms with Crippen molar-refractivity contribution in [2.45, 2.75) is 32.5 Å². The Labute approximate surface area is 159 Å². The van der Waals surface area contributed by atoms with Crippen LogP contribution in [0, 0.1) is 0 Å². The van der Waals surface area contributed by atoms with Gasteiger partial charge in [-0.25, -0.2) is 0 Å². The maximum atomic E-state index is 13.0. The number of amides is 1. The van der Waals surface area contributed by atoms with E-state index in [1.807, 2.05) is 42.9 Å². The normalized spacial score (nSPS) is 17.7. The molecular formula is C20H26N4O3. The number of hydrogen-bond donors (Lipinski definition) is 0. The molecule has 0 saturated carbocycles. The SMILES string of the molecule is CC(c1ccc2c(c1)OCCO2)N(C)C(=O)c1cc2n(n1)CCCN(C)C2. The highest BCUT2D eigenvalue weighted by atomic mass is 16.6. The molecule has 0 aliphatic carbocycles. The zero-order chi connectivity index (χ0) is 19.0. The van der Waals surface area contributed by atoms with Crippen LogP contribution in [0.5, 0.6) is 11.5 Å². The lowest BCUT2D eigenvalue weighted by atomic mass is 10.1. The summed E-state index contributed by atoms with van der Waals surface area (Å²) in [5.41, 5.74) is 2.61. The van der Waals surface area contributed by atoms with E-state index < -0.39 is 0 Å². The van der Waals surface area contributed by atoms with Crippen LogP contribution >= 0.6 is 0 Å². The van der Waals surface area contributed by atoms with E-state index in [2.05, 4.69) is 17.0 Å². The van der Waals surface area contributed by atoms with Crippen LogP contribution in [0.1, 0.15) is 41.1 Å². The molecule has 7 nitrogen and oxygen atoms in total. The summed E-state index contributed by atoms with van der Waals surface area (Å²) < 4.78 is 13.2. The van der Waals surface area contributed by atoms with E-state index in [0.717, 1.165) is 48.8 Å². The molecule has 0 fully saturated rings. The molecule has 2 aliphatic rings. The van der Waals surface area contributed by atoms with Crippen LogP contribution < -0.4 is 9.47 Å². The minimum absolute atomic E-state index is 0.0689. The van der Waals surface area contributed by atoms with Gasteiger partial charge in [-0.3, -0.25) is 9.48 Å². The lowest BCUT2D eigenvalue weighted by Gasteiger charge is -2.26. The average molecular weight is 370 g/mol. The van der Waals surface area contributed by atoms with Gasteiger partial charge in [0, 0.05) is 26.7 Å². The van der Waals surface area contributed by atoms with Crippen LogP contribution in [-0.2, 0) is 13.1 Å². The first-order chi connectivity index (χ1) is 13.0. The van der Waals surface area contributed by atoms with Gasteiger partial charge in [-0.05, 0) is 44.2 Å². The van der Waals surface area contributed by atoms with Crippen LogP contribution in [0.3, 0.4) is 0 Å². The molecule has 1 aromatic heterocycles. The second-order valence-electron chi connectivity index (χ2n) is 7.33. The van der Waals surface area contributed by atoms with E-state index in [-0.39, 0.29) is 11.9 Å². The van der Waals surface area contributed by atoms with Gasteiger partial charge < -0.3 is 19.3 Å². The number of carbonyl (C=O) groups excluding carboxylic acids is 1. The Hall–Kier alpha value is -2.54. The summed E-state index contributed by atoms with van der Waals surface area (Å²) in [4.78, 5) is 17.0. The molecule has 1 unspecified atom stereocenters. The standard InChI is InChI=1S/C20H26N4O3/c1-14(15-5-6-18-19(11-15)27-10-9-26-18)23(3)20(25)17-12-16-13-22(2)7-4-8-24(16)21-17/h5-6,11-12,14H,4,7-10,13H2,1-3H3. The fraction of sp³-hybridized carbons (Fsp3) is 0.500. The summed E-state index contributed by atoms with van der Waals surface area (Å²) in [6.07, 6.45) is 1.04. The third-order valence-corrected chi connectivity index (χ3v) is 5.37. The molecule has 0 radical (unpaired) electrons. The lowest BCUT2D eigenvalue weighted by molar-refractivity contribution is 0.0735. The highest BCUT2D eigenvalue weighted by Crippen LogP contribution is 2.34. The van der Waals surface area contributed by atoms with Gasteiger partial charge in [0.1, 0.15) is 13.2 Å². The van der Waals surface area contributed by atoms with E-state index in [9.17, 15) is 4.79 Å². The zero-order valence-electron chi connectivity index (χ0n) is 16.1. The predicted octanol–water partition coefficient (Wildman–Crippen LogP) is 2.32. The quantitative estimate of drug-likeness (QED) is 0.830. The van der Waals surface area contributed by atoms with E-state index >= 15 is 0 Å². The van der Waals surface area contributed by atoms with Crippen molar-refractivity contribution < 1.29 is 14.3 Å². The summed E-state index contributed by atoms with van der Waals surface area (Å²) in [6, 6.07) is 7.68. The molecule has 3 heterocycles. The van der Waals surface area contributed by atoms with E-state index in [1.165, 1.54) is 0 Å². The molecule has 1 amide bonds. The number of aromatic nitrogens is 2. The topological polar surface area (TPSA) is 59.8 Å². The minimum Gasteiger partial charge on any atom is -0.486 e. The molecule has 7 heteroatoms. The number of nitrogens with zero attached hydrogens (tertiary/aromatic N) is 4. The van der Waals surface area contributed by atoms with Crippen molar-refractivity contribution in [3.8, 4) is 11.5 Å². The molecule has 27 heavy (non-hydrogen) atoms. The first-order valence-corrected chi connectivity index (χ1v) is 9.45. The smallest absolute Gasteiger partial charge is 0.274 e. The molecule has 0 saturated heterocycles. The fourth-order valence-corrected chi connectivity index (χ4v) is 3.63. The monoisotopic (exact) mass is 370 g/mol. The van der Waals surface area contributed by atoms with E-state index in [1.54, 1.807) is 4.90 Å². The number of hydrogen-bond acceptors (Lipinski definition) is 5. The van der Waals surface area contributed by atoms with Crippen molar-refractivity contribution in [3.63, 3.8) is 0 Å². The van der Waals surface area contributed by atoms with Gasteiger partial charge >= 0.3 is 0 Å². The van der Waals surface area contributed by atoms with Crippen LogP contribution in [0.2, 0.25) is 0 Å². The van der Waals surface area contributed by atoms with E-state index in [4.69, 9.17) is 9.47 Å². The number of carbonyl (C=O) groups is 1. The largest absolute Gasteiger partial charge is 0.486 e. The molecular weight excluding hydrogens is 344 g/mol. The number of ether oxygens (including phenoxy) is 2. The van der Waals surface area contributed by atoms with Crippen molar-refractivity contribution in [1.82, 2.24) is 19.6 Å². The second-order valence-corrected chi connectivity index (χ2v) is 7.33. The second kappa shape index (κ2) is 7.23. The third kappa shape index (κ3) is 3.51. The van der Waals surface area contributed by atoms with Gasteiger partial charge in [-0.15, -0.1) is 0 Å². The Bertz CT molecular complexity index is 848. The average Bonchev–Trinajstić information content (AvgIpc) is 2.99. The maximum absolute atomic E-state index is 13.0. The van der Waals surface area contributed by atoms with Crippen LogP contribution in [0.4, 0.5) is 0 Å². The zero-order valence-corrected chi connectivity index (χ0v) is 16.1. The number of aryl methyl sites for hydroxylation is 1. The summed E-state index contributed by atoms with van der Waals surface area (Å²) in [6.45, 7) is 5.86. The number of fused-ring (bicyclic) bond motifs is 2. The van der Waals surface area contributed by atoms with Crippen LogP contribution in [-0.4, -0.2) is 59.3 Å². The Morgan fingerprint density at radius 3 is 2.78 bits per heavy atom. The molecule has 4 rings (SSSR count). The Balaban J connectivity index is 1.53. The predicted molar refractivity (Wildman–Crippen MR) is 101 cm³/mol. The van der Waals surface area contributed by atoms with Gasteiger partial charge in [0.05, 0.1) is 11.7 Å². The molecule has 2 aliphatic heterocycles. The number of benzene rings is 1. The van der Waals surface area contributed by atoms with Gasteiger partial charge in [-0.1, -0.05) is 6.07 Å².